The Morgan fingerprint density at radius 3 is 2.73 bits per heavy atom. The van der Waals surface area contributed by atoms with Gasteiger partial charge in [0.15, 0.2) is 5.03 Å². The first-order valence-corrected chi connectivity index (χ1v) is 8.48. The number of benzene rings is 1. The fourth-order valence-electron chi connectivity index (χ4n) is 2.64. The Morgan fingerprint density at radius 1 is 1.36 bits per heavy atom. The maximum Gasteiger partial charge on any atom is 0.257 e. The van der Waals surface area contributed by atoms with E-state index in [1.807, 2.05) is 24.3 Å². The molecule has 0 bridgehead atoms. The van der Waals surface area contributed by atoms with Gasteiger partial charge in [0.25, 0.3) is 10.0 Å². The zero-order valence-corrected chi connectivity index (χ0v) is 13.1. The topological polar surface area (TPSA) is 99.2 Å². The van der Waals surface area contributed by atoms with Crippen LogP contribution in [0.4, 0.5) is 0 Å². The number of methoxy groups -OCH3 is 1. The first-order chi connectivity index (χ1) is 10.5. The van der Waals surface area contributed by atoms with Gasteiger partial charge in [-0.25, -0.2) is 13.6 Å². The van der Waals surface area contributed by atoms with Crippen molar-refractivity contribution < 1.29 is 13.2 Å². The fourth-order valence-corrected chi connectivity index (χ4v) is 3.42. The molecule has 7 nitrogen and oxygen atoms in total. The monoisotopic (exact) mass is 322 g/mol. The number of nitrogens with two attached hydrogens (primary N) is 1. The van der Waals surface area contributed by atoms with Gasteiger partial charge in [-0.3, -0.25) is 4.68 Å². The summed E-state index contributed by atoms with van der Waals surface area (Å²) in [5.74, 6) is 0.776. The molecule has 2 aromatic rings. The molecule has 2 heterocycles. The van der Waals surface area contributed by atoms with Crippen LogP contribution in [-0.4, -0.2) is 31.9 Å². The lowest BCUT2D eigenvalue weighted by atomic mass is 10.1. The van der Waals surface area contributed by atoms with Crippen molar-refractivity contribution in [2.45, 2.75) is 24.5 Å². The van der Waals surface area contributed by atoms with Crippen LogP contribution in [0.5, 0.6) is 5.75 Å². The largest absolute Gasteiger partial charge is 0.497 e. The summed E-state index contributed by atoms with van der Waals surface area (Å²) in [5.41, 5.74) is 2.62. The van der Waals surface area contributed by atoms with E-state index in [1.54, 1.807) is 11.8 Å². The molecule has 0 saturated carbocycles. The quantitative estimate of drug-likeness (QED) is 0.839. The number of fused-ring (bicyclic) bond motifs is 1. The van der Waals surface area contributed by atoms with Crippen LogP contribution in [0.3, 0.4) is 0 Å². The summed E-state index contributed by atoms with van der Waals surface area (Å²) in [7, 11) is -2.19. The third kappa shape index (κ3) is 2.85. The SMILES string of the molecule is COc1ccc(Cn2nc(S(N)(=O)=O)c3c2CNCC3)cc1. The van der Waals surface area contributed by atoms with Crippen LogP contribution in [0, 0.1) is 0 Å². The molecule has 1 aliphatic rings. The molecule has 0 fully saturated rings. The van der Waals surface area contributed by atoms with Crippen LogP contribution in [0.2, 0.25) is 0 Å². The smallest absolute Gasteiger partial charge is 0.257 e. The van der Waals surface area contributed by atoms with Gasteiger partial charge >= 0.3 is 0 Å². The van der Waals surface area contributed by atoms with Crippen molar-refractivity contribution in [1.82, 2.24) is 15.1 Å². The molecule has 3 rings (SSSR count). The molecular formula is C14H18N4O3S. The van der Waals surface area contributed by atoms with Crippen molar-refractivity contribution in [2.24, 2.45) is 5.14 Å². The molecule has 1 aromatic carbocycles. The maximum atomic E-state index is 11.7. The van der Waals surface area contributed by atoms with Gasteiger partial charge in [0.2, 0.25) is 0 Å². The zero-order valence-electron chi connectivity index (χ0n) is 12.2. The van der Waals surface area contributed by atoms with Crippen LogP contribution >= 0.6 is 0 Å². The number of nitrogens with one attached hydrogen (secondary N) is 1. The predicted molar refractivity (Wildman–Crippen MR) is 81.1 cm³/mol. The van der Waals surface area contributed by atoms with Gasteiger partial charge in [-0.15, -0.1) is 0 Å². The molecule has 0 spiro atoms. The van der Waals surface area contributed by atoms with Gasteiger partial charge in [-0.1, -0.05) is 12.1 Å². The van der Waals surface area contributed by atoms with Gasteiger partial charge in [-0.05, 0) is 30.7 Å². The summed E-state index contributed by atoms with van der Waals surface area (Å²) in [6.07, 6.45) is 0.615. The average Bonchev–Trinajstić information content (AvgIpc) is 2.87. The van der Waals surface area contributed by atoms with E-state index >= 15 is 0 Å². The van der Waals surface area contributed by atoms with Crippen molar-refractivity contribution in [2.75, 3.05) is 13.7 Å². The number of ether oxygens (including phenoxy) is 1. The van der Waals surface area contributed by atoms with Gasteiger partial charge in [-0.2, -0.15) is 5.10 Å². The molecule has 0 aliphatic carbocycles. The van der Waals surface area contributed by atoms with E-state index < -0.39 is 10.0 Å². The number of hydrogen-bond acceptors (Lipinski definition) is 5. The molecule has 8 heteroatoms. The van der Waals surface area contributed by atoms with Gasteiger partial charge in [0.05, 0.1) is 19.3 Å². The van der Waals surface area contributed by atoms with E-state index in [1.165, 1.54) is 0 Å². The van der Waals surface area contributed by atoms with Crippen molar-refractivity contribution in [3.8, 4) is 5.75 Å². The molecule has 0 radical (unpaired) electrons. The van der Waals surface area contributed by atoms with Gasteiger partial charge in [0.1, 0.15) is 5.75 Å². The number of nitrogens with zero attached hydrogens (tertiary/aromatic N) is 2. The highest BCUT2D eigenvalue weighted by atomic mass is 32.2. The summed E-state index contributed by atoms with van der Waals surface area (Å²) in [5, 5.41) is 12.7. The van der Waals surface area contributed by atoms with Crippen LogP contribution in [0.1, 0.15) is 16.8 Å². The van der Waals surface area contributed by atoms with E-state index in [-0.39, 0.29) is 5.03 Å². The minimum Gasteiger partial charge on any atom is -0.497 e. The second kappa shape index (κ2) is 5.71. The Labute approximate surface area is 129 Å². The molecule has 118 valence electrons. The van der Waals surface area contributed by atoms with E-state index in [0.29, 0.717) is 19.5 Å². The second-order valence-corrected chi connectivity index (χ2v) is 6.68. The fraction of sp³-hybridized carbons (Fsp3) is 0.357. The minimum atomic E-state index is -3.81. The van der Waals surface area contributed by atoms with Gasteiger partial charge < -0.3 is 10.1 Å². The number of primary sulfonamides is 1. The van der Waals surface area contributed by atoms with Crippen molar-refractivity contribution in [3.63, 3.8) is 0 Å². The third-order valence-electron chi connectivity index (χ3n) is 3.73. The normalized spacial score (nSPS) is 14.6. The van der Waals surface area contributed by atoms with Crippen LogP contribution in [0.25, 0.3) is 0 Å². The Hall–Kier alpha value is -1.90. The molecule has 0 saturated heterocycles. The lowest BCUT2D eigenvalue weighted by Gasteiger charge is -2.15. The van der Waals surface area contributed by atoms with Gasteiger partial charge in [0, 0.05) is 12.1 Å². The standard InChI is InChI=1S/C14H18N4O3S/c1-21-11-4-2-10(3-5-11)9-18-13-8-16-7-6-12(13)14(17-18)22(15,19)20/h2-5,16H,6-9H2,1H3,(H2,15,19,20). The Kier molecular flexibility index (Phi) is 3.90. The highest BCUT2D eigenvalue weighted by molar-refractivity contribution is 7.89. The van der Waals surface area contributed by atoms with Crippen molar-refractivity contribution in [3.05, 3.63) is 41.1 Å². The molecule has 0 unspecified atom stereocenters. The molecule has 3 N–H and O–H groups in total. The molecular weight excluding hydrogens is 304 g/mol. The summed E-state index contributed by atoms with van der Waals surface area (Å²) >= 11 is 0. The maximum absolute atomic E-state index is 11.7. The average molecular weight is 322 g/mol. The predicted octanol–water partition coefficient (Wildman–Crippen LogP) is 0.233. The summed E-state index contributed by atoms with van der Waals surface area (Å²) in [4.78, 5) is 0. The second-order valence-electron chi connectivity index (χ2n) is 5.21. The van der Waals surface area contributed by atoms with Crippen molar-refractivity contribution in [1.29, 1.82) is 0 Å². The Morgan fingerprint density at radius 2 is 2.09 bits per heavy atom. The highest BCUT2D eigenvalue weighted by Crippen LogP contribution is 2.23. The molecule has 0 amide bonds. The van der Waals surface area contributed by atoms with E-state index in [9.17, 15) is 8.42 Å². The van der Waals surface area contributed by atoms with E-state index in [4.69, 9.17) is 9.88 Å². The number of hydrogen-bond donors (Lipinski definition) is 2. The summed E-state index contributed by atoms with van der Waals surface area (Å²) in [6.45, 7) is 1.81. The Bertz CT molecular complexity index is 781. The first kappa shape index (κ1) is 15.0. The summed E-state index contributed by atoms with van der Waals surface area (Å²) < 4.78 is 30.3. The Balaban J connectivity index is 1.98. The van der Waals surface area contributed by atoms with E-state index in [0.717, 1.165) is 29.1 Å². The van der Waals surface area contributed by atoms with E-state index in [2.05, 4.69) is 10.4 Å². The molecule has 1 aliphatic heterocycles. The minimum absolute atomic E-state index is 0.00230. The van der Waals surface area contributed by atoms with Crippen LogP contribution in [-0.2, 0) is 29.5 Å². The van der Waals surface area contributed by atoms with Crippen molar-refractivity contribution >= 4 is 10.0 Å². The lowest BCUT2D eigenvalue weighted by Crippen LogP contribution is -2.26. The van der Waals surface area contributed by atoms with Crippen LogP contribution < -0.4 is 15.2 Å². The highest BCUT2D eigenvalue weighted by Gasteiger charge is 2.26. The first-order valence-electron chi connectivity index (χ1n) is 6.94. The molecule has 22 heavy (non-hydrogen) atoms. The molecule has 1 aromatic heterocycles. The zero-order chi connectivity index (χ0) is 15.7. The molecule has 0 atom stereocenters. The number of aromatic nitrogens is 2. The number of sulfonamides is 1. The lowest BCUT2D eigenvalue weighted by molar-refractivity contribution is 0.414. The van der Waals surface area contributed by atoms with Crippen LogP contribution in [0.15, 0.2) is 29.3 Å². The summed E-state index contributed by atoms with van der Waals surface area (Å²) in [6, 6.07) is 7.59. The third-order valence-corrected chi connectivity index (χ3v) is 4.60. The number of rotatable bonds is 4.